The largest absolute Gasteiger partial charge is 0.480 e. The molecule has 0 aromatic carbocycles. The van der Waals surface area contributed by atoms with Gasteiger partial charge in [0.25, 0.3) is 0 Å². The Labute approximate surface area is 127 Å². The fourth-order valence-electron chi connectivity index (χ4n) is 3.32. The molecule has 118 valence electrons. The molecule has 0 bridgehead atoms. The maximum atomic E-state index is 6.10. The molecule has 1 saturated carbocycles. The van der Waals surface area contributed by atoms with Crippen LogP contribution in [0.15, 0.2) is 12.4 Å². The quantitative estimate of drug-likeness (QED) is 0.837. The molecule has 0 saturated heterocycles. The third-order valence-corrected chi connectivity index (χ3v) is 4.29. The summed E-state index contributed by atoms with van der Waals surface area (Å²) in [5.74, 6) is 1.15. The van der Waals surface area contributed by atoms with Gasteiger partial charge in [0, 0.05) is 19.0 Å². The van der Waals surface area contributed by atoms with Gasteiger partial charge in [-0.3, -0.25) is 4.98 Å². The van der Waals surface area contributed by atoms with Crippen molar-refractivity contribution in [3.63, 3.8) is 0 Å². The molecule has 1 aromatic heterocycles. The Hall–Kier alpha value is -1.20. The molecule has 1 aliphatic rings. The molecule has 2 rings (SSSR count). The summed E-state index contributed by atoms with van der Waals surface area (Å²) in [6.45, 7) is 2.76. The van der Waals surface area contributed by atoms with Crippen molar-refractivity contribution in [2.24, 2.45) is 5.92 Å². The zero-order chi connectivity index (χ0) is 15.1. The number of rotatable bonds is 7. The van der Waals surface area contributed by atoms with Crippen molar-refractivity contribution in [1.29, 1.82) is 0 Å². The lowest BCUT2D eigenvalue weighted by atomic mass is 9.81. The summed E-state index contributed by atoms with van der Waals surface area (Å²) in [6.07, 6.45) is 9.87. The Bertz CT molecular complexity index is 422. The SMILES string of the molecule is CCOC(C1CCCCC1)C(NC)c1nccnc1OC. The van der Waals surface area contributed by atoms with Crippen molar-refractivity contribution >= 4 is 0 Å². The molecule has 1 N–H and O–H groups in total. The highest BCUT2D eigenvalue weighted by Gasteiger charge is 2.34. The summed E-state index contributed by atoms with van der Waals surface area (Å²) in [5.41, 5.74) is 0.839. The van der Waals surface area contributed by atoms with Crippen molar-refractivity contribution in [2.45, 2.75) is 51.2 Å². The minimum absolute atomic E-state index is 0.0108. The lowest BCUT2D eigenvalue weighted by Crippen LogP contribution is -2.39. The smallest absolute Gasteiger partial charge is 0.237 e. The highest BCUT2D eigenvalue weighted by molar-refractivity contribution is 5.22. The third-order valence-electron chi connectivity index (χ3n) is 4.29. The van der Waals surface area contributed by atoms with Crippen molar-refractivity contribution in [3.8, 4) is 5.88 Å². The van der Waals surface area contributed by atoms with Crippen molar-refractivity contribution < 1.29 is 9.47 Å². The van der Waals surface area contributed by atoms with E-state index in [2.05, 4.69) is 22.2 Å². The Morgan fingerprint density at radius 2 is 1.95 bits per heavy atom. The minimum Gasteiger partial charge on any atom is -0.480 e. The topological polar surface area (TPSA) is 56.3 Å². The van der Waals surface area contributed by atoms with E-state index in [1.165, 1.54) is 32.1 Å². The van der Waals surface area contributed by atoms with E-state index in [9.17, 15) is 0 Å². The van der Waals surface area contributed by atoms with Crippen LogP contribution in [0, 0.1) is 5.92 Å². The van der Waals surface area contributed by atoms with Gasteiger partial charge in [-0.25, -0.2) is 4.98 Å². The fourth-order valence-corrected chi connectivity index (χ4v) is 3.32. The van der Waals surface area contributed by atoms with Crippen LogP contribution in [0.1, 0.15) is 50.8 Å². The molecular weight excluding hydrogens is 266 g/mol. The van der Waals surface area contributed by atoms with Crippen LogP contribution >= 0.6 is 0 Å². The second-order valence-electron chi connectivity index (χ2n) is 5.54. The Balaban J connectivity index is 2.25. The van der Waals surface area contributed by atoms with Crippen LogP contribution in [0.5, 0.6) is 5.88 Å². The molecule has 1 aliphatic carbocycles. The summed E-state index contributed by atoms with van der Waals surface area (Å²) >= 11 is 0. The maximum absolute atomic E-state index is 6.10. The first-order valence-corrected chi connectivity index (χ1v) is 7.95. The third kappa shape index (κ3) is 3.92. The van der Waals surface area contributed by atoms with Gasteiger partial charge in [-0.05, 0) is 32.7 Å². The minimum atomic E-state index is 0.0108. The second kappa shape index (κ2) is 8.29. The summed E-state index contributed by atoms with van der Waals surface area (Å²) in [4.78, 5) is 8.76. The molecule has 21 heavy (non-hydrogen) atoms. The maximum Gasteiger partial charge on any atom is 0.237 e. The van der Waals surface area contributed by atoms with Gasteiger partial charge >= 0.3 is 0 Å². The lowest BCUT2D eigenvalue weighted by molar-refractivity contribution is -0.0182. The predicted octanol–water partition coefficient (Wildman–Crippen LogP) is 2.73. The standard InChI is InChI=1S/C16H27N3O2/c1-4-21-15(12-8-6-5-7-9-12)13(17-2)14-16(20-3)19-11-10-18-14/h10-13,15,17H,4-9H2,1-3H3. The van der Waals surface area contributed by atoms with Crippen molar-refractivity contribution in [2.75, 3.05) is 20.8 Å². The van der Waals surface area contributed by atoms with Crippen LogP contribution in [-0.2, 0) is 4.74 Å². The second-order valence-corrected chi connectivity index (χ2v) is 5.54. The number of hydrogen-bond acceptors (Lipinski definition) is 5. The number of ether oxygens (including phenoxy) is 2. The molecule has 2 unspecified atom stereocenters. The van der Waals surface area contributed by atoms with Crippen LogP contribution in [0.2, 0.25) is 0 Å². The van der Waals surface area contributed by atoms with Crippen LogP contribution in [-0.4, -0.2) is 36.8 Å². The average Bonchev–Trinajstić information content (AvgIpc) is 2.56. The number of nitrogens with one attached hydrogen (secondary N) is 1. The molecule has 5 nitrogen and oxygen atoms in total. The van der Waals surface area contributed by atoms with Gasteiger partial charge in [-0.2, -0.15) is 0 Å². The zero-order valence-corrected chi connectivity index (χ0v) is 13.3. The van der Waals surface area contributed by atoms with E-state index in [4.69, 9.17) is 9.47 Å². The van der Waals surface area contributed by atoms with E-state index >= 15 is 0 Å². The highest BCUT2D eigenvalue weighted by Crippen LogP contribution is 2.35. The van der Waals surface area contributed by atoms with Gasteiger partial charge in [0.2, 0.25) is 5.88 Å². The normalized spacial score (nSPS) is 19.2. The summed E-state index contributed by atoms with van der Waals surface area (Å²) < 4.78 is 11.5. The first kappa shape index (κ1) is 16.2. The first-order chi connectivity index (χ1) is 10.3. The van der Waals surface area contributed by atoms with Crippen molar-refractivity contribution in [1.82, 2.24) is 15.3 Å². The van der Waals surface area contributed by atoms with Gasteiger partial charge in [-0.15, -0.1) is 0 Å². The number of nitrogens with zero attached hydrogens (tertiary/aromatic N) is 2. The zero-order valence-electron chi connectivity index (χ0n) is 13.3. The molecular formula is C16H27N3O2. The van der Waals surface area contributed by atoms with E-state index in [0.717, 1.165) is 5.69 Å². The number of hydrogen-bond donors (Lipinski definition) is 1. The van der Waals surface area contributed by atoms with E-state index in [1.807, 2.05) is 7.05 Å². The summed E-state index contributed by atoms with van der Waals surface area (Å²) in [6, 6.07) is 0.0108. The number of likely N-dealkylation sites (N-methyl/N-ethyl adjacent to an activating group) is 1. The predicted molar refractivity (Wildman–Crippen MR) is 82.4 cm³/mol. The van der Waals surface area contributed by atoms with Crippen LogP contribution in [0.4, 0.5) is 0 Å². The Morgan fingerprint density at radius 1 is 1.24 bits per heavy atom. The number of aromatic nitrogens is 2. The molecule has 1 heterocycles. The highest BCUT2D eigenvalue weighted by atomic mass is 16.5. The van der Waals surface area contributed by atoms with Gasteiger partial charge in [0.05, 0.1) is 19.3 Å². The molecule has 0 radical (unpaired) electrons. The Kier molecular flexibility index (Phi) is 6.39. The molecule has 0 aliphatic heterocycles. The number of methoxy groups -OCH3 is 1. The molecule has 2 atom stereocenters. The van der Waals surface area contributed by atoms with Crippen LogP contribution in [0.3, 0.4) is 0 Å². The summed E-state index contributed by atoms with van der Waals surface area (Å²) in [5, 5.41) is 3.37. The summed E-state index contributed by atoms with van der Waals surface area (Å²) in [7, 11) is 3.59. The Morgan fingerprint density at radius 3 is 2.57 bits per heavy atom. The van der Waals surface area contributed by atoms with E-state index in [0.29, 0.717) is 18.4 Å². The van der Waals surface area contributed by atoms with E-state index in [-0.39, 0.29) is 12.1 Å². The van der Waals surface area contributed by atoms with Crippen LogP contribution in [0.25, 0.3) is 0 Å². The van der Waals surface area contributed by atoms with Gasteiger partial charge in [0.1, 0.15) is 5.69 Å². The van der Waals surface area contributed by atoms with Gasteiger partial charge in [-0.1, -0.05) is 19.3 Å². The molecule has 1 fully saturated rings. The molecule has 1 aromatic rings. The van der Waals surface area contributed by atoms with Crippen LogP contribution < -0.4 is 10.1 Å². The fraction of sp³-hybridized carbons (Fsp3) is 0.750. The van der Waals surface area contributed by atoms with Crippen molar-refractivity contribution in [3.05, 3.63) is 18.1 Å². The van der Waals surface area contributed by atoms with Gasteiger partial charge in [0.15, 0.2) is 0 Å². The van der Waals surface area contributed by atoms with E-state index in [1.54, 1.807) is 19.5 Å². The average molecular weight is 293 g/mol. The van der Waals surface area contributed by atoms with E-state index < -0.39 is 0 Å². The first-order valence-electron chi connectivity index (χ1n) is 7.95. The van der Waals surface area contributed by atoms with Gasteiger partial charge < -0.3 is 14.8 Å². The monoisotopic (exact) mass is 293 g/mol. The lowest BCUT2D eigenvalue weighted by Gasteiger charge is -2.35. The molecule has 0 amide bonds. The molecule has 5 heteroatoms. The molecule has 0 spiro atoms.